The fourth-order valence-corrected chi connectivity index (χ4v) is 1.21. The average molecular weight is 221 g/mol. The monoisotopic (exact) mass is 221 g/mol. The minimum absolute atomic E-state index is 0.313. The third-order valence-corrected chi connectivity index (χ3v) is 2.54. The third kappa shape index (κ3) is 2.14. The van der Waals surface area contributed by atoms with E-state index in [0.29, 0.717) is 5.75 Å². The highest BCUT2D eigenvalue weighted by Crippen LogP contribution is 2.18. The highest BCUT2D eigenvalue weighted by molar-refractivity contribution is 5.41. The summed E-state index contributed by atoms with van der Waals surface area (Å²) in [6.45, 7) is 5.23. The van der Waals surface area contributed by atoms with Gasteiger partial charge in [0.2, 0.25) is 0 Å². The average Bonchev–Trinajstić information content (AvgIpc) is 2.63. The summed E-state index contributed by atoms with van der Waals surface area (Å²) in [5.74, 6) is 0.605. The third-order valence-electron chi connectivity index (χ3n) is 2.54. The number of aromatic nitrogens is 3. The topological polar surface area (TPSA) is 59.7 Å². The van der Waals surface area contributed by atoms with E-state index < -0.39 is 5.60 Å². The van der Waals surface area contributed by atoms with Crippen LogP contribution in [0.5, 0.6) is 5.75 Å². The van der Waals surface area contributed by atoms with Gasteiger partial charge in [-0.15, -0.1) is 0 Å². The number of hydrogen-bond acceptors (Lipinski definition) is 4. The lowest BCUT2D eigenvalue weighted by Crippen LogP contribution is -2.37. The lowest BCUT2D eigenvalue weighted by atomic mass is 10.0. The van der Waals surface area contributed by atoms with Crippen molar-refractivity contribution in [3.8, 4) is 5.75 Å². The molecule has 86 valence electrons. The van der Waals surface area contributed by atoms with E-state index in [4.69, 9.17) is 4.74 Å². The first-order chi connectivity index (χ1) is 7.47. The zero-order valence-electron chi connectivity index (χ0n) is 9.58. The van der Waals surface area contributed by atoms with Crippen molar-refractivity contribution >= 4 is 5.65 Å². The maximum Gasteiger partial charge on any atom is 0.157 e. The Balaban J connectivity index is 2.21. The lowest BCUT2D eigenvalue weighted by Gasteiger charge is -2.26. The molecule has 2 aromatic heterocycles. The predicted molar refractivity (Wildman–Crippen MR) is 59.4 cm³/mol. The smallest absolute Gasteiger partial charge is 0.157 e. The predicted octanol–water partition coefficient (Wildman–Crippen LogP) is 1.27. The number of imidazole rings is 1. The number of hydrogen-bond donors (Lipinski definition) is 1. The molecule has 2 rings (SSSR count). The molecule has 0 spiro atoms. The second kappa shape index (κ2) is 3.75. The summed E-state index contributed by atoms with van der Waals surface area (Å²) < 4.78 is 7.24. The van der Waals surface area contributed by atoms with Gasteiger partial charge in [0.15, 0.2) is 5.65 Å². The van der Waals surface area contributed by atoms with Gasteiger partial charge in [-0.25, -0.2) is 9.50 Å². The quantitative estimate of drug-likeness (QED) is 0.847. The van der Waals surface area contributed by atoms with Crippen LogP contribution in [0.15, 0.2) is 24.7 Å². The standard InChI is InChI=1S/C11H15N3O2/c1-8(11(2,3)15)16-9-6-10-12-4-5-14(10)13-7-9/h4-8,15H,1-3H3. The molecule has 5 heteroatoms. The maximum absolute atomic E-state index is 9.75. The van der Waals surface area contributed by atoms with E-state index in [0.717, 1.165) is 5.65 Å². The van der Waals surface area contributed by atoms with Crippen molar-refractivity contribution in [1.29, 1.82) is 0 Å². The second-order valence-electron chi connectivity index (χ2n) is 4.34. The van der Waals surface area contributed by atoms with Crippen molar-refractivity contribution in [3.63, 3.8) is 0 Å². The van der Waals surface area contributed by atoms with Crippen LogP contribution in [0.3, 0.4) is 0 Å². The van der Waals surface area contributed by atoms with E-state index in [9.17, 15) is 5.11 Å². The molecule has 5 nitrogen and oxygen atoms in total. The fourth-order valence-electron chi connectivity index (χ4n) is 1.21. The molecule has 0 saturated heterocycles. The van der Waals surface area contributed by atoms with Gasteiger partial charge in [-0.05, 0) is 20.8 Å². The SMILES string of the molecule is CC(Oc1cnn2ccnc2c1)C(C)(C)O. The summed E-state index contributed by atoms with van der Waals surface area (Å²) in [5.41, 5.74) is -0.165. The summed E-state index contributed by atoms with van der Waals surface area (Å²) in [6, 6.07) is 1.79. The molecular weight excluding hydrogens is 206 g/mol. The van der Waals surface area contributed by atoms with Crippen LogP contribution in [0.2, 0.25) is 0 Å². The number of nitrogens with zero attached hydrogens (tertiary/aromatic N) is 3. The van der Waals surface area contributed by atoms with Crippen molar-refractivity contribution in [1.82, 2.24) is 14.6 Å². The van der Waals surface area contributed by atoms with Crippen LogP contribution in [0.4, 0.5) is 0 Å². The van der Waals surface area contributed by atoms with Gasteiger partial charge < -0.3 is 9.84 Å². The molecular formula is C11H15N3O2. The van der Waals surface area contributed by atoms with E-state index in [1.807, 2.05) is 6.92 Å². The largest absolute Gasteiger partial charge is 0.486 e. The van der Waals surface area contributed by atoms with Crippen molar-refractivity contribution in [2.45, 2.75) is 32.5 Å². The molecule has 16 heavy (non-hydrogen) atoms. The molecule has 0 radical (unpaired) electrons. The van der Waals surface area contributed by atoms with Crippen molar-refractivity contribution in [2.75, 3.05) is 0 Å². The summed E-state index contributed by atoms with van der Waals surface area (Å²) >= 11 is 0. The van der Waals surface area contributed by atoms with Crippen LogP contribution in [0.25, 0.3) is 5.65 Å². The number of aliphatic hydroxyl groups is 1. The first-order valence-electron chi connectivity index (χ1n) is 5.15. The summed E-state index contributed by atoms with van der Waals surface area (Å²) in [4.78, 5) is 4.11. The summed E-state index contributed by atoms with van der Waals surface area (Å²) in [7, 11) is 0. The Morgan fingerprint density at radius 3 is 2.94 bits per heavy atom. The van der Waals surface area contributed by atoms with Crippen molar-refractivity contribution < 1.29 is 9.84 Å². The van der Waals surface area contributed by atoms with Gasteiger partial charge in [0.1, 0.15) is 11.9 Å². The highest BCUT2D eigenvalue weighted by atomic mass is 16.5. The first-order valence-corrected chi connectivity index (χ1v) is 5.15. The Morgan fingerprint density at radius 2 is 2.25 bits per heavy atom. The van der Waals surface area contributed by atoms with E-state index in [-0.39, 0.29) is 6.10 Å². The molecule has 0 amide bonds. The molecule has 1 atom stereocenters. The molecule has 0 fully saturated rings. The minimum atomic E-state index is -0.887. The van der Waals surface area contributed by atoms with E-state index in [1.54, 1.807) is 43.0 Å². The van der Waals surface area contributed by atoms with Crippen LogP contribution in [0, 0.1) is 0 Å². The molecule has 0 aliphatic carbocycles. The highest BCUT2D eigenvalue weighted by Gasteiger charge is 2.24. The van der Waals surface area contributed by atoms with Crippen molar-refractivity contribution in [3.05, 3.63) is 24.7 Å². The van der Waals surface area contributed by atoms with E-state index in [2.05, 4.69) is 10.1 Å². The fraction of sp³-hybridized carbons (Fsp3) is 0.455. The Morgan fingerprint density at radius 1 is 1.50 bits per heavy atom. The molecule has 0 aromatic carbocycles. The Labute approximate surface area is 93.7 Å². The van der Waals surface area contributed by atoms with Crippen LogP contribution < -0.4 is 4.74 Å². The molecule has 2 aromatic rings. The van der Waals surface area contributed by atoms with Gasteiger partial charge in [-0.2, -0.15) is 5.10 Å². The van der Waals surface area contributed by atoms with Gasteiger partial charge in [-0.1, -0.05) is 0 Å². The maximum atomic E-state index is 9.75. The second-order valence-corrected chi connectivity index (χ2v) is 4.34. The van der Waals surface area contributed by atoms with Crippen LogP contribution in [0.1, 0.15) is 20.8 Å². The summed E-state index contributed by atoms with van der Waals surface area (Å²) in [6.07, 6.45) is 4.73. The first kappa shape index (κ1) is 10.9. The van der Waals surface area contributed by atoms with E-state index >= 15 is 0 Å². The minimum Gasteiger partial charge on any atom is -0.486 e. The van der Waals surface area contributed by atoms with Gasteiger partial charge in [0.25, 0.3) is 0 Å². The summed E-state index contributed by atoms with van der Waals surface area (Å²) in [5, 5.41) is 13.9. The number of fused-ring (bicyclic) bond motifs is 1. The van der Waals surface area contributed by atoms with Crippen LogP contribution >= 0.6 is 0 Å². The zero-order chi connectivity index (χ0) is 11.8. The van der Waals surface area contributed by atoms with Crippen molar-refractivity contribution in [2.24, 2.45) is 0 Å². The molecule has 2 heterocycles. The Kier molecular flexibility index (Phi) is 2.55. The molecule has 0 aliphatic rings. The van der Waals surface area contributed by atoms with Gasteiger partial charge in [0, 0.05) is 18.5 Å². The molecule has 0 aliphatic heterocycles. The molecule has 0 bridgehead atoms. The molecule has 1 N–H and O–H groups in total. The normalized spacial score (nSPS) is 14.0. The number of ether oxygens (including phenoxy) is 1. The molecule has 0 saturated carbocycles. The zero-order valence-corrected chi connectivity index (χ0v) is 9.58. The van der Waals surface area contributed by atoms with E-state index in [1.165, 1.54) is 0 Å². The van der Waals surface area contributed by atoms with Gasteiger partial charge in [0.05, 0.1) is 11.8 Å². The lowest BCUT2D eigenvalue weighted by molar-refractivity contribution is -0.0242. The van der Waals surface area contributed by atoms with Crippen LogP contribution in [-0.2, 0) is 0 Å². The molecule has 1 unspecified atom stereocenters. The van der Waals surface area contributed by atoms with Crippen LogP contribution in [-0.4, -0.2) is 31.4 Å². The van der Waals surface area contributed by atoms with Gasteiger partial charge >= 0.3 is 0 Å². The van der Waals surface area contributed by atoms with Gasteiger partial charge in [-0.3, -0.25) is 0 Å². The number of rotatable bonds is 3. The Bertz CT molecular complexity index is 487. The Hall–Kier alpha value is -1.62.